The number of carbonyl (C=O) groups excluding carboxylic acids is 3. The molecule has 1 aliphatic rings. The highest BCUT2D eigenvalue weighted by molar-refractivity contribution is 5.95. The number of hydrogen-bond donors (Lipinski definition) is 4. The standard InChI is InChI=1S/C16H23N5O3/c1-2-14(23)20-11-5-3-10(4-6-11)15-12(9-19-21-15)16(24)18-8-7-13(17)22/h2,9-11H,1,3-8H2,(H2,17,22)(H,18,24)(H,19,21)(H,20,23). The van der Waals surface area contributed by atoms with Gasteiger partial charge < -0.3 is 16.4 Å². The summed E-state index contributed by atoms with van der Waals surface area (Å²) in [5.74, 6) is -0.680. The number of H-pyrrole nitrogens is 1. The maximum absolute atomic E-state index is 12.2. The molecule has 0 spiro atoms. The van der Waals surface area contributed by atoms with E-state index >= 15 is 0 Å². The first-order chi connectivity index (χ1) is 11.5. The summed E-state index contributed by atoms with van der Waals surface area (Å²) >= 11 is 0. The van der Waals surface area contributed by atoms with Crippen LogP contribution >= 0.6 is 0 Å². The number of nitrogens with two attached hydrogens (primary N) is 1. The van der Waals surface area contributed by atoms with Crippen LogP contribution in [0.1, 0.15) is 54.1 Å². The summed E-state index contributed by atoms with van der Waals surface area (Å²) < 4.78 is 0. The molecule has 1 fully saturated rings. The van der Waals surface area contributed by atoms with Gasteiger partial charge in [0.05, 0.1) is 17.5 Å². The van der Waals surface area contributed by atoms with Crippen molar-refractivity contribution in [3.8, 4) is 0 Å². The fourth-order valence-corrected chi connectivity index (χ4v) is 2.97. The van der Waals surface area contributed by atoms with Gasteiger partial charge in [0.25, 0.3) is 5.91 Å². The third kappa shape index (κ3) is 4.68. The molecule has 1 heterocycles. The van der Waals surface area contributed by atoms with E-state index in [9.17, 15) is 14.4 Å². The molecule has 0 saturated heterocycles. The topological polar surface area (TPSA) is 130 Å². The van der Waals surface area contributed by atoms with Gasteiger partial charge in [-0.1, -0.05) is 6.58 Å². The Kier molecular flexibility index (Phi) is 6.11. The van der Waals surface area contributed by atoms with Crippen molar-refractivity contribution in [1.29, 1.82) is 0 Å². The van der Waals surface area contributed by atoms with E-state index < -0.39 is 5.91 Å². The Morgan fingerprint density at radius 1 is 1.33 bits per heavy atom. The predicted octanol–water partition coefficient (Wildman–Crippen LogP) is 0.343. The van der Waals surface area contributed by atoms with Gasteiger partial charge in [-0.05, 0) is 31.8 Å². The van der Waals surface area contributed by atoms with Crippen LogP contribution in [0.5, 0.6) is 0 Å². The lowest BCUT2D eigenvalue weighted by Gasteiger charge is -2.28. The van der Waals surface area contributed by atoms with E-state index in [4.69, 9.17) is 5.73 Å². The van der Waals surface area contributed by atoms with Crippen molar-refractivity contribution >= 4 is 17.7 Å². The summed E-state index contributed by atoms with van der Waals surface area (Å²) in [7, 11) is 0. The normalized spacial score (nSPS) is 20.2. The zero-order valence-corrected chi connectivity index (χ0v) is 13.5. The summed E-state index contributed by atoms with van der Waals surface area (Å²) in [5, 5.41) is 12.5. The lowest BCUT2D eigenvalue weighted by molar-refractivity contribution is -0.118. The second-order valence-electron chi connectivity index (χ2n) is 5.93. The van der Waals surface area contributed by atoms with Crippen LogP contribution in [0.25, 0.3) is 0 Å². The fraction of sp³-hybridized carbons (Fsp3) is 0.500. The Labute approximate surface area is 140 Å². The van der Waals surface area contributed by atoms with Gasteiger partial charge in [0.1, 0.15) is 0 Å². The van der Waals surface area contributed by atoms with E-state index in [0.29, 0.717) is 5.56 Å². The van der Waals surface area contributed by atoms with Crippen LogP contribution in [0.4, 0.5) is 0 Å². The Hall–Kier alpha value is -2.64. The number of nitrogens with one attached hydrogen (secondary N) is 3. The molecule has 0 bridgehead atoms. The third-order valence-electron chi connectivity index (χ3n) is 4.24. The molecular weight excluding hydrogens is 310 g/mol. The summed E-state index contributed by atoms with van der Waals surface area (Å²) in [6, 6.07) is 0.141. The molecule has 0 atom stereocenters. The van der Waals surface area contributed by atoms with Gasteiger partial charge in [0.2, 0.25) is 11.8 Å². The van der Waals surface area contributed by atoms with Crippen molar-refractivity contribution in [2.75, 3.05) is 6.54 Å². The molecule has 0 aliphatic heterocycles. The minimum absolute atomic E-state index is 0.104. The summed E-state index contributed by atoms with van der Waals surface area (Å²) in [5.41, 5.74) is 6.36. The number of aromatic nitrogens is 2. The van der Waals surface area contributed by atoms with Crippen molar-refractivity contribution in [3.05, 3.63) is 30.1 Å². The zero-order valence-electron chi connectivity index (χ0n) is 13.5. The molecule has 1 aliphatic carbocycles. The largest absolute Gasteiger partial charge is 0.370 e. The number of amides is 3. The average Bonchev–Trinajstić information content (AvgIpc) is 3.04. The molecule has 3 amide bonds. The molecule has 0 unspecified atom stereocenters. The molecule has 1 aromatic rings. The molecule has 2 rings (SSSR count). The molecule has 130 valence electrons. The lowest BCUT2D eigenvalue weighted by atomic mass is 9.83. The highest BCUT2D eigenvalue weighted by Gasteiger charge is 2.27. The molecular formula is C16H23N5O3. The van der Waals surface area contributed by atoms with Crippen molar-refractivity contribution < 1.29 is 14.4 Å². The van der Waals surface area contributed by atoms with E-state index in [-0.39, 0.29) is 36.7 Å². The monoisotopic (exact) mass is 333 g/mol. The minimum atomic E-state index is -0.456. The van der Waals surface area contributed by atoms with E-state index in [0.717, 1.165) is 31.4 Å². The van der Waals surface area contributed by atoms with Crippen LogP contribution in [0.2, 0.25) is 0 Å². The molecule has 1 saturated carbocycles. The highest BCUT2D eigenvalue weighted by Crippen LogP contribution is 2.33. The Bertz CT molecular complexity index is 617. The molecule has 24 heavy (non-hydrogen) atoms. The van der Waals surface area contributed by atoms with Gasteiger partial charge in [-0.15, -0.1) is 0 Å². The Morgan fingerprint density at radius 2 is 2.04 bits per heavy atom. The number of nitrogens with zero attached hydrogens (tertiary/aromatic N) is 1. The quantitative estimate of drug-likeness (QED) is 0.536. The smallest absolute Gasteiger partial charge is 0.254 e. The van der Waals surface area contributed by atoms with Gasteiger partial charge in [-0.25, -0.2) is 0 Å². The summed E-state index contributed by atoms with van der Waals surface area (Å²) in [6.07, 6.45) is 6.26. The minimum Gasteiger partial charge on any atom is -0.370 e. The third-order valence-corrected chi connectivity index (χ3v) is 4.24. The molecule has 8 heteroatoms. The van der Waals surface area contributed by atoms with E-state index in [1.807, 2.05) is 0 Å². The fourth-order valence-electron chi connectivity index (χ4n) is 2.97. The van der Waals surface area contributed by atoms with Crippen molar-refractivity contribution in [2.45, 2.75) is 44.1 Å². The maximum atomic E-state index is 12.2. The number of hydrogen-bond acceptors (Lipinski definition) is 4. The Balaban J connectivity index is 1.91. The van der Waals surface area contributed by atoms with Gasteiger partial charge >= 0.3 is 0 Å². The van der Waals surface area contributed by atoms with Crippen LogP contribution in [-0.4, -0.2) is 40.5 Å². The predicted molar refractivity (Wildman–Crippen MR) is 88.1 cm³/mol. The summed E-state index contributed by atoms with van der Waals surface area (Å²) in [4.78, 5) is 34.3. The van der Waals surface area contributed by atoms with Crippen LogP contribution in [0.15, 0.2) is 18.9 Å². The van der Waals surface area contributed by atoms with Crippen molar-refractivity contribution in [3.63, 3.8) is 0 Å². The number of carbonyl (C=O) groups is 3. The highest BCUT2D eigenvalue weighted by atomic mass is 16.2. The zero-order chi connectivity index (χ0) is 17.5. The van der Waals surface area contributed by atoms with E-state index in [1.54, 1.807) is 0 Å². The first-order valence-corrected chi connectivity index (χ1v) is 8.04. The number of aromatic amines is 1. The van der Waals surface area contributed by atoms with Crippen molar-refractivity contribution in [1.82, 2.24) is 20.8 Å². The lowest BCUT2D eigenvalue weighted by Crippen LogP contribution is -2.36. The van der Waals surface area contributed by atoms with Gasteiger partial charge in [0.15, 0.2) is 0 Å². The molecule has 8 nitrogen and oxygen atoms in total. The van der Waals surface area contributed by atoms with Crippen LogP contribution < -0.4 is 16.4 Å². The first-order valence-electron chi connectivity index (χ1n) is 8.04. The SMILES string of the molecule is C=CC(=O)NC1CCC(c2[nH]ncc2C(=O)NCCC(N)=O)CC1. The average molecular weight is 333 g/mol. The van der Waals surface area contributed by atoms with Gasteiger partial charge in [0, 0.05) is 24.9 Å². The second kappa shape index (κ2) is 8.28. The first kappa shape index (κ1) is 17.7. The van der Waals surface area contributed by atoms with Crippen molar-refractivity contribution in [2.24, 2.45) is 5.73 Å². The number of primary amides is 1. The van der Waals surface area contributed by atoms with Gasteiger partial charge in [-0.3, -0.25) is 19.5 Å². The molecule has 5 N–H and O–H groups in total. The summed E-state index contributed by atoms with van der Waals surface area (Å²) in [6.45, 7) is 3.66. The Morgan fingerprint density at radius 3 is 2.67 bits per heavy atom. The molecule has 1 aromatic heterocycles. The van der Waals surface area contributed by atoms with Crippen LogP contribution in [-0.2, 0) is 9.59 Å². The number of rotatable bonds is 7. The second-order valence-corrected chi connectivity index (χ2v) is 5.93. The molecule has 0 radical (unpaired) electrons. The van der Waals surface area contributed by atoms with Crippen LogP contribution in [0, 0.1) is 0 Å². The van der Waals surface area contributed by atoms with E-state index in [1.165, 1.54) is 12.3 Å². The maximum Gasteiger partial charge on any atom is 0.254 e. The van der Waals surface area contributed by atoms with Crippen LogP contribution in [0.3, 0.4) is 0 Å². The molecule has 0 aromatic carbocycles. The van der Waals surface area contributed by atoms with E-state index in [2.05, 4.69) is 27.4 Å². The van der Waals surface area contributed by atoms with Gasteiger partial charge in [-0.2, -0.15) is 5.10 Å².